The number of fused-ring (bicyclic) bond motifs is 1. The molecule has 0 bridgehead atoms. The second-order valence-electron chi connectivity index (χ2n) is 16.5. The van der Waals surface area contributed by atoms with Gasteiger partial charge in [0.1, 0.15) is 34.5 Å². The Balaban J connectivity index is 0.000000243. The SMILES string of the molecule is CC(=O)c1ccc(C(C)=O)cc1.CC(=O)c1ccc2cc(C(C)=O)ccc2c1.CC(=O)c1cccc(C(C)=O)c1.COc1ccc(-c2ccc(OC)cc2)cc1.COc1ccc(OC)cc1.COc1cccc(OC)c1. The minimum atomic E-state index is -0.0156. The predicted octanol–water partition coefficient (Wildman–Crippen LogP) is 14.2. The summed E-state index contributed by atoms with van der Waals surface area (Å²) in [5.74, 6) is 5.19. The Kier molecular flexibility index (Phi) is 25.8. The van der Waals surface area contributed by atoms with Gasteiger partial charge < -0.3 is 28.4 Å². The van der Waals surface area contributed by atoms with Crippen LogP contribution in [0.1, 0.15) is 104 Å². The zero-order valence-corrected chi connectivity index (χ0v) is 45.2. The molecule has 394 valence electrons. The van der Waals surface area contributed by atoms with Crippen LogP contribution in [0.3, 0.4) is 0 Å². The van der Waals surface area contributed by atoms with Crippen LogP contribution in [0, 0.1) is 0 Å². The van der Waals surface area contributed by atoms with Crippen LogP contribution in [-0.2, 0) is 0 Å². The molecule has 12 heteroatoms. The van der Waals surface area contributed by atoms with Crippen LogP contribution in [0.2, 0.25) is 0 Å². The van der Waals surface area contributed by atoms with Gasteiger partial charge in [0.2, 0.25) is 0 Å². The van der Waals surface area contributed by atoms with E-state index >= 15 is 0 Å². The van der Waals surface area contributed by atoms with Crippen molar-refractivity contribution >= 4 is 45.5 Å². The van der Waals surface area contributed by atoms with Crippen LogP contribution in [-0.4, -0.2) is 77.4 Å². The number of hydrogen-bond donors (Lipinski definition) is 0. The Hall–Kier alpha value is -9.16. The average molecular weight is 1030 g/mol. The van der Waals surface area contributed by atoms with Crippen molar-refractivity contribution < 1.29 is 57.2 Å². The average Bonchev–Trinajstić information content (AvgIpc) is 3.45. The quantitative estimate of drug-likeness (QED) is 0.101. The summed E-state index contributed by atoms with van der Waals surface area (Å²) < 4.78 is 30.1. The van der Waals surface area contributed by atoms with E-state index in [2.05, 4.69) is 0 Å². The maximum absolute atomic E-state index is 11.2. The fraction of sp³-hybridized carbons (Fsp3) is 0.188. The summed E-state index contributed by atoms with van der Waals surface area (Å²) in [6.07, 6.45) is 0. The molecule has 0 fully saturated rings. The molecule has 0 aliphatic carbocycles. The van der Waals surface area contributed by atoms with Crippen LogP contribution in [0.25, 0.3) is 21.9 Å². The van der Waals surface area contributed by atoms with E-state index in [1.807, 2.05) is 121 Å². The van der Waals surface area contributed by atoms with Gasteiger partial charge in [-0.25, -0.2) is 0 Å². The first-order valence-electron chi connectivity index (χ1n) is 23.8. The highest BCUT2D eigenvalue weighted by Crippen LogP contribution is 2.25. The predicted molar refractivity (Wildman–Crippen MR) is 301 cm³/mol. The van der Waals surface area contributed by atoms with E-state index in [-0.39, 0.29) is 34.7 Å². The Bertz CT molecular complexity index is 2940. The molecule has 0 saturated heterocycles. The number of methoxy groups -OCH3 is 6. The van der Waals surface area contributed by atoms with Crippen molar-refractivity contribution in [1.82, 2.24) is 0 Å². The zero-order chi connectivity index (χ0) is 56.2. The maximum Gasteiger partial charge on any atom is 0.159 e. The molecule has 8 aromatic carbocycles. The van der Waals surface area contributed by atoms with Crippen LogP contribution < -0.4 is 28.4 Å². The molecular weight excluding hydrogens is 961 g/mol. The highest BCUT2D eigenvalue weighted by Gasteiger charge is 2.06. The lowest BCUT2D eigenvalue weighted by molar-refractivity contribution is 0.100. The first-order chi connectivity index (χ1) is 36.4. The zero-order valence-electron chi connectivity index (χ0n) is 45.2. The topological polar surface area (TPSA) is 158 Å². The van der Waals surface area contributed by atoms with Crippen molar-refractivity contribution in [3.63, 3.8) is 0 Å². The van der Waals surface area contributed by atoms with Crippen LogP contribution in [0.5, 0.6) is 34.5 Å². The summed E-state index contributed by atoms with van der Waals surface area (Å²) in [7, 11) is 9.89. The van der Waals surface area contributed by atoms with Crippen molar-refractivity contribution in [3.8, 4) is 45.6 Å². The molecule has 0 heterocycles. The number of benzene rings is 8. The molecule has 12 nitrogen and oxygen atoms in total. The molecule has 0 N–H and O–H groups in total. The van der Waals surface area contributed by atoms with E-state index in [9.17, 15) is 28.8 Å². The van der Waals surface area contributed by atoms with Crippen molar-refractivity contribution in [2.75, 3.05) is 42.7 Å². The van der Waals surface area contributed by atoms with Gasteiger partial charge in [-0.2, -0.15) is 0 Å². The summed E-state index contributed by atoms with van der Waals surface area (Å²) in [6.45, 7) is 9.07. The molecular formula is C64H66O12. The summed E-state index contributed by atoms with van der Waals surface area (Å²) in [4.78, 5) is 65.9. The minimum Gasteiger partial charge on any atom is -0.497 e. The second-order valence-corrected chi connectivity index (χ2v) is 16.5. The minimum absolute atomic E-state index is 0.0156. The third-order valence-corrected chi connectivity index (χ3v) is 11.1. The number of rotatable bonds is 13. The Labute approximate surface area is 446 Å². The van der Waals surface area contributed by atoms with Crippen LogP contribution >= 0.6 is 0 Å². The van der Waals surface area contributed by atoms with E-state index < -0.39 is 0 Å². The fourth-order valence-electron chi connectivity index (χ4n) is 6.59. The Morgan fingerprint density at radius 2 is 0.474 bits per heavy atom. The first-order valence-corrected chi connectivity index (χ1v) is 23.8. The van der Waals surface area contributed by atoms with E-state index in [0.29, 0.717) is 33.4 Å². The van der Waals surface area contributed by atoms with E-state index in [4.69, 9.17) is 28.4 Å². The lowest BCUT2D eigenvalue weighted by Gasteiger charge is -2.05. The monoisotopic (exact) mass is 1030 g/mol. The van der Waals surface area contributed by atoms with Gasteiger partial charge >= 0.3 is 0 Å². The summed E-state index contributed by atoms with van der Waals surface area (Å²) in [5, 5.41) is 1.97. The molecule has 0 saturated carbocycles. The number of Topliss-reactive ketones (excluding diaryl/α,β-unsaturated/α-hetero) is 6. The summed E-state index contributed by atoms with van der Waals surface area (Å²) in [6, 6.07) is 55.3. The third kappa shape index (κ3) is 20.8. The van der Waals surface area contributed by atoms with Crippen molar-refractivity contribution in [2.45, 2.75) is 41.5 Å². The molecule has 0 unspecified atom stereocenters. The number of ketones is 6. The highest BCUT2D eigenvalue weighted by molar-refractivity contribution is 6.02. The number of carbonyl (C=O) groups excluding carboxylic acids is 6. The normalized spacial score (nSPS) is 9.63. The van der Waals surface area contributed by atoms with Gasteiger partial charge in [0, 0.05) is 39.4 Å². The van der Waals surface area contributed by atoms with Crippen molar-refractivity contribution in [2.24, 2.45) is 0 Å². The standard InChI is InChI=1S/C14H14O2.C14H12O2.2C10H10O2.2C8H10O2/c1-15-13-7-3-11(4-8-13)12-5-9-14(16-2)10-6-12;1-9(15)11-3-5-14-8-12(10(2)16)4-6-13(14)7-11;1-7(11)9-3-5-10(6-4-9)8(2)12;1-7(11)9-4-3-5-10(6-9)8(2)12;1-9-7-3-5-8(10-2)6-4-7;1-9-7-4-3-5-8(6-7)10-2/h3-10H,1-2H3;3-8H,1-2H3;2*3-6H,1-2H3;2*3-6H,1-2H3. The number of carbonyl (C=O) groups is 6. The van der Waals surface area contributed by atoms with E-state index in [0.717, 1.165) is 45.3 Å². The van der Waals surface area contributed by atoms with Crippen molar-refractivity contribution in [3.05, 3.63) is 215 Å². The fourth-order valence-corrected chi connectivity index (χ4v) is 6.59. The molecule has 0 amide bonds. The molecule has 8 rings (SSSR count). The molecule has 0 aliphatic rings. The second kappa shape index (κ2) is 32.1. The lowest BCUT2D eigenvalue weighted by Crippen LogP contribution is -1.96. The lowest BCUT2D eigenvalue weighted by atomic mass is 10.0. The summed E-state index contributed by atoms with van der Waals surface area (Å²) >= 11 is 0. The number of ether oxygens (including phenoxy) is 6. The number of hydrogen-bond acceptors (Lipinski definition) is 12. The molecule has 0 spiro atoms. The largest absolute Gasteiger partial charge is 0.497 e. The van der Waals surface area contributed by atoms with Gasteiger partial charge in [-0.3, -0.25) is 28.8 Å². The van der Waals surface area contributed by atoms with Crippen molar-refractivity contribution in [1.29, 1.82) is 0 Å². The molecule has 0 radical (unpaired) electrons. The van der Waals surface area contributed by atoms with Gasteiger partial charge in [0.05, 0.1) is 42.7 Å². The smallest absolute Gasteiger partial charge is 0.159 e. The van der Waals surface area contributed by atoms with Gasteiger partial charge in [0.25, 0.3) is 0 Å². The molecule has 0 atom stereocenters. The van der Waals surface area contributed by atoms with Gasteiger partial charge in [0.15, 0.2) is 34.7 Å². The molecule has 0 aliphatic heterocycles. The molecule has 8 aromatic rings. The highest BCUT2D eigenvalue weighted by atomic mass is 16.5. The Morgan fingerprint density at radius 1 is 0.237 bits per heavy atom. The first kappa shape index (κ1) is 61.1. The summed E-state index contributed by atoms with van der Waals surface area (Å²) in [5.41, 5.74) is 6.18. The van der Waals surface area contributed by atoms with Gasteiger partial charge in [-0.15, -0.1) is 0 Å². The van der Waals surface area contributed by atoms with E-state index in [1.54, 1.807) is 117 Å². The Morgan fingerprint density at radius 3 is 0.737 bits per heavy atom. The molecule has 76 heavy (non-hydrogen) atoms. The van der Waals surface area contributed by atoms with Gasteiger partial charge in [-0.05, 0) is 142 Å². The maximum atomic E-state index is 11.2. The van der Waals surface area contributed by atoms with Crippen LogP contribution in [0.4, 0.5) is 0 Å². The van der Waals surface area contributed by atoms with Crippen LogP contribution in [0.15, 0.2) is 182 Å². The molecule has 0 aromatic heterocycles. The van der Waals surface area contributed by atoms with Gasteiger partial charge in [-0.1, -0.05) is 97.1 Å². The van der Waals surface area contributed by atoms with E-state index in [1.165, 1.54) is 38.8 Å². The third-order valence-electron chi connectivity index (χ3n) is 11.1.